The van der Waals surface area contributed by atoms with Gasteiger partial charge in [-0.2, -0.15) is 19.0 Å². The Morgan fingerprint density at radius 1 is 1.33 bits per heavy atom. The van der Waals surface area contributed by atoms with Crippen molar-refractivity contribution in [3.05, 3.63) is 35.4 Å². The molecule has 98 valence electrons. The maximum Gasteiger partial charge on any atom is 0.333 e. The van der Waals surface area contributed by atoms with Crippen LogP contribution in [-0.4, -0.2) is 19.6 Å². The van der Waals surface area contributed by atoms with Crippen LogP contribution in [0.4, 0.5) is 8.78 Å². The first-order valence-electron chi connectivity index (χ1n) is 5.58. The van der Waals surface area contributed by atoms with Gasteiger partial charge in [0.2, 0.25) is 0 Å². The summed E-state index contributed by atoms with van der Waals surface area (Å²) in [5, 5.41) is 10.8. The van der Waals surface area contributed by atoms with Gasteiger partial charge in [-0.15, -0.1) is 0 Å². The van der Waals surface area contributed by atoms with Gasteiger partial charge in [-0.25, -0.2) is 4.68 Å². The van der Waals surface area contributed by atoms with E-state index in [1.54, 1.807) is 16.9 Å². The van der Waals surface area contributed by atoms with E-state index in [1.165, 1.54) is 6.20 Å². The molecule has 0 aliphatic heterocycles. The van der Waals surface area contributed by atoms with Gasteiger partial charge >= 0.3 is 6.55 Å². The number of nitrogens with one attached hydrogen (secondary N) is 1. The fraction of sp³-hybridized carbons (Fsp3) is 0.455. The van der Waals surface area contributed by atoms with Gasteiger partial charge in [0.05, 0.1) is 17.6 Å². The lowest BCUT2D eigenvalue weighted by atomic mass is 10.2. The SMILES string of the molecule is Cc1cnn(C)c1CNCc1ccnn1C(F)F. The summed E-state index contributed by atoms with van der Waals surface area (Å²) in [5.74, 6) is 0. The Hall–Kier alpha value is -1.76. The van der Waals surface area contributed by atoms with Crippen molar-refractivity contribution in [2.45, 2.75) is 26.6 Å². The zero-order valence-corrected chi connectivity index (χ0v) is 10.3. The Labute approximate surface area is 103 Å². The van der Waals surface area contributed by atoms with Crippen LogP contribution in [0.25, 0.3) is 0 Å². The van der Waals surface area contributed by atoms with Crippen molar-refractivity contribution in [3.8, 4) is 0 Å². The van der Waals surface area contributed by atoms with Crippen molar-refractivity contribution in [2.24, 2.45) is 7.05 Å². The van der Waals surface area contributed by atoms with E-state index in [1.807, 2.05) is 14.0 Å². The Balaban J connectivity index is 1.95. The zero-order valence-electron chi connectivity index (χ0n) is 10.3. The third kappa shape index (κ3) is 2.56. The van der Waals surface area contributed by atoms with Gasteiger partial charge < -0.3 is 5.32 Å². The van der Waals surface area contributed by atoms with Crippen molar-refractivity contribution in [1.82, 2.24) is 24.9 Å². The second-order valence-electron chi connectivity index (χ2n) is 4.05. The predicted molar refractivity (Wildman–Crippen MR) is 62.0 cm³/mol. The van der Waals surface area contributed by atoms with E-state index in [9.17, 15) is 8.78 Å². The Kier molecular flexibility index (Phi) is 3.71. The van der Waals surface area contributed by atoms with Gasteiger partial charge in [0.1, 0.15) is 0 Å². The number of aryl methyl sites for hydroxylation is 2. The maximum absolute atomic E-state index is 12.5. The lowest BCUT2D eigenvalue weighted by molar-refractivity contribution is 0.0531. The molecule has 1 N–H and O–H groups in total. The smallest absolute Gasteiger partial charge is 0.306 e. The van der Waals surface area contributed by atoms with Crippen LogP contribution in [0, 0.1) is 6.92 Å². The third-order valence-corrected chi connectivity index (χ3v) is 2.81. The quantitative estimate of drug-likeness (QED) is 0.883. The molecule has 0 aliphatic carbocycles. The Morgan fingerprint density at radius 2 is 2.11 bits per heavy atom. The van der Waals surface area contributed by atoms with E-state index >= 15 is 0 Å². The van der Waals surface area contributed by atoms with E-state index in [2.05, 4.69) is 15.5 Å². The lowest BCUT2D eigenvalue weighted by Gasteiger charge is -2.08. The molecule has 0 fully saturated rings. The van der Waals surface area contributed by atoms with Crippen LogP contribution in [0.15, 0.2) is 18.5 Å². The topological polar surface area (TPSA) is 47.7 Å². The van der Waals surface area contributed by atoms with E-state index in [-0.39, 0.29) is 0 Å². The Bertz CT molecular complexity index is 498. The normalized spacial score (nSPS) is 11.4. The lowest BCUT2D eigenvalue weighted by Crippen LogP contribution is -2.19. The fourth-order valence-corrected chi connectivity index (χ4v) is 1.79. The highest BCUT2D eigenvalue weighted by atomic mass is 19.3. The summed E-state index contributed by atoms with van der Waals surface area (Å²) in [6, 6.07) is 1.58. The van der Waals surface area contributed by atoms with Crippen LogP contribution >= 0.6 is 0 Å². The molecule has 18 heavy (non-hydrogen) atoms. The van der Waals surface area contributed by atoms with Crippen molar-refractivity contribution in [2.75, 3.05) is 0 Å². The number of hydrogen-bond acceptors (Lipinski definition) is 3. The monoisotopic (exact) mass is 255 g/mol. The van der Waals surface area contributed by atoms with E-state index in [0.29, 0.717) is 23.5 Å². The minimum Gasteiger partial charge on any atom is -0.306 e. The minimum atomic E-state index is -2.60. The minimum absolute atomic E-state index is 0.342. The van der Waals surface area contributed by atoms with Gasteiger partial charge in [-0.05, 0) is 18.6 Å². The van der Waals surface area contributed by atoms with Crippen molar-refractivity contribution in [3.63, 3.8) is 0 Å². The molecular weight excluding hydrogens is 240 g/mol. The number of nitrogens with zero attached hydrogens (tertiary/aromatic N) is 4. The number of hydrogen-bond donors (Lipinski definition) is 1. The van der Waals surface area contributed by atoms with Crippen LogP contribution in [0.1, 0.15) is 23.5 Å². The van der Waals surface area contributed by atoms with Crippen LogP contribution in [-0.2, 0) is 20.1 Å². The molecular formula is C11H15F2N5. The van der Waals surface area contributed by atoms with E-state index in [0.717, 1.165) is 11.3 Å². The maximum atomic E-state index is 12.5. The summed E-state index contributed by atoms with van der Waals surface area (Å²) < 4.78 is 27.6. The van der Waals surface area contributed by atoms with Gasteiger partial charge in [-0.3, -0.25) is 4.68 Å². The molecule has 2 heterocycles. The Morgan fingerprint density at radius 3 is 2.72 bits per heavy atom. The van der Waals surface area contributed by atoms with E-state index < -0.39 is 6.55 Å². The molecule has 5 nitrogen and oxygen atoms in total. The fourth-order valence-electron chi connectivity index (χ4n) is 1.79. The highest BCUT2D eigenvalue weighted by Crippen LogP contribution is 2.12. The molecule has 2 rings (SSSR count). The van der Waals surface area contributed by atoms with Gasteiger partial charge in [0.25, 0.3) is 0 Å². The molecule has 0 aromatic carbocycles. The molecule has 0 saturated carbocycles. The molecule has 0 radical (unpaired) electrons. The highest BCUT2D eigenvalue weighted by Gasteiger charge is 2.11. The second-order valence-corrected chi connectivity index (χ2v) is 4.05. The molecule has 7 heteroatoms. The largest absolute Gasteiger partial charge is 0.333 e. The first-order chi connectivity index (χ1) is 8.59. The first-order valence-corrected chi connectivity index (χ1v) is 5.58. The zero-order chi connectivity index (χ0) is 13.1. The molecule has 0 unspecified atom stereocenters. The molecule has 2 aromatic heterocycles. The van der Waals surface area contributed by atoms with Crippen LogP contribution < -0.4 is 5.32 Å². The first kappa shape index (κ1) is 12.7. The number of alkyl halides is 2. The third-order valence-electron chi connectivity index (χ3n) is 2.81. The van der Waals surface area contributed by atoms with Crippen molar-refractivity contribution >= 4 is 0 Å². The van der Waals surface area contributed by atoms with Gasteiger partial charge in [0.15, 0.2) is 0 Å². The number of aromatic nitrogens is 4. The van der Waals surface area contributed by atoms with Gasteiger partial charge in [-0.1, -0.05) is 0 Å². The average Bonchev–Trinajstić information content (AvgIpc) is 2.90. The van der Waals surface area contributed by atoms with Crippen LogP contribution in [0.5, 0.6) is 0 Å². The average molecular weight is 255 g/mol. The second kappa shape index (κ2) is 5.26. The summed E-state index contributed by atoms with van der Waals surface area (Å²) in [6.07, 6.45) is 3.15. The van der Waals surface area contributed by atoms with Crippen LogP contribution in [0.2, 0.25) is 0 Å². The van der Waals surface area contributed by atoms with E-state index in [4.69, 9.17) is 0 Å². The van der Waals surface area contributed by atoms with Crippen molar-refractivity contribution < 1.29 is 8.78 Å². The van der Waals surface area contributed by atoms with Crippen molar-refractivity contribution in [1.29, 1.82) is 0 Å². The summed E-state index contributed by atoms with van der Waals surface area (Å²) in [4.78, 5) is 0. The molecule has 0 bridgehead atoms. The molecule has 0 atom stereocenters. The number of halogens is 2. The highest BCUT2D eigenvalue weighted by molar-refractivity contribution is 5.15. The number of rotatable bonds is 5. The molecule has 2 aromatic rings. The summed E-state index contributed by atoms with van der Waals surface area (Å²) >= 11 is 0. The summed E-state index contributed by atoms with van der Waals surface area (Å²) in [7, 11) is 1.85. The molecule has 0 spiro atoms. The molecule has 0 amide bonds. The molecule has 0 saturated heterocycles. The summed E-state index contributed by atoms with van der Waals surface area (Å²) in [5.41, 5.74) is 2.58. The molecule has 0 aliphatic rings. The predicted octanol–water partition coefficient (Wildman–Crippen LogP) is 1.61. The summed E-state index contributed by atoms with van der Waals surface area (Å²) in [6.45, 7) is 0.286. The van der Waals surface area contributed by atoms with Crippen LogP contribution in [0.3, 0.4) is 0 Å². The standard InChI is InChI=1S/C11H15F2N5/c1-8-5-16-17(2)10(8)7-14-6-9-3-4-15-18(9)11(12)13/h3-5,11,14H,6-7H2,1-2H3. The van der Waals surface area contributed by atoms with Gasteiger partial charge in [0, 0.05) is 26.3 Å².